The predicted molar refractivity (Wildman–Crippen MR) is 82.5 cm³/mol. The molecule has 114 valence electrons. The first-order valence-corrected chi connectivity index (χ1v) is 6.78. The van der Waals surface area contributed by atoms with E-state index in [1.54, 1.807) is 4.68 Å². The van der Waals surface area contributed by atoms with Crippen LogP contribution in [0.4, 0.5) is 0 Å². The molecule has 21 heavy (non-hydrogen) atoms. The molecule has 1 N–H and O–H groups in total. The van der Waals surface area contributed by atoms with E-state index in [0.29, 0.717) is 6.54 Å². The van der Waals surface area contributed by atoms with E-state index < -0.39 is 0 Å². The third-order valence-electron chi connectivity index (χ3n) is 3.78. The van der Waals surface area contributed by atoms with Crippen LogP contribution in [-0.2, 0) is 14.1 Å². The van der Waals surface area contributed by atoms with E-state index in [1.807, 2.05) is 54.3 Å². The normalized spacial score (nSPS) is 18.4. The number of carbonyl (C=O) groups excluding carboxylic acids is 1. The second-order valence-electron chi connectivity index (χ2n) is 5.17. The van der Waals surface area contributed by atoms with Crippen molar-refractivity contribution in [3.05, 3.63) is 42.0 Å². The Balaban J connectivity index is 0.00000161. The van der Waals surface area contributed by atoms with Gasteiger partial charge in [-0.3, -0.25) is 9.48 Å². The van der Waals surface area contributed by atoms with Gasteiger partial charge >= 0.3 is 0 Å². The van der Waals surface area contributed by atoms with Gasteiger partial charge in [-0.25, -0.2) is 0 Å². The molecule has 0 radical (unpaired) electrons. The lowest BCUT2D eigenvalue weighted by Gasteiger charge is -2.35. The topological polar surface area (TPSA) is 55.1 Å². The highest BCUT2D eigenvalue weighted by Gasteiger charge is 2.30. The number of hydrogen-bond donors (Lipinski definition) is 1. The van der Waals surface area contributed by atoms with Gasteiger partial charge in [-0.2, -0.15) is 5.10 Å². The molecule has 0 spiro atoms. The van der Waals surface area contributed by atoms with Gasteiger partial charge in [0.25, 0.3) is 5.91 Å². The molecule has 1 aliphatic rings. The van der Waals surface area contributed by atoms with Gasteiger partial charge in [-0.1, -0.05) is 0 Å². The molecule has 1 unspecified atom stereocenters. The van der Waals surface area contributed by atoms with Crippen LogP contribution in [-0.4, -0.2) is 44.8 Å². The molecule has 1 amide bonds. The highest BCUT2D eigenvalue weighted by atomic mass is 35.5. The Hall–Kier alpha value is -1.79. The average molecular weight is 310 g/mol. The Morgan fingerprint density at radius 2 is 2.24 bits per heavy atom. The number of aryl methyl sites for hydroxylation is 2. The van der Waals surface area contributed by atoms with Crippen molar-refractivity contribution in [2.75, 3.05) is 19.6 Å². The van der Waals surface area contributed by atoms with Gasteiger partial charge in [0.15, 0.2) is 0 Å². The molecule has 6 nitrogen and oxygen atoms in total. The number of hydrogen-bond acceptors (Lipinski definition) is 3. The molecule has 0 saturated carbocycles. The first-order valence-electron chi connectivity index (χ1n) is 6.78. The number of amides is 1. The van der Waals surface area contributed by atoms with Crippen LogP contribution in [0.3, 0.4) is 0 Å². The summed E-state index contributed by atoms with van der Waals surface area (Å²) in [6.07, 6.45) is 5.71. The summed E-state index contributed by atoms with van der Waals surface area (Å²) in [7, 11) is 3.79. The van der Waals surface area contributed by atoms with Crippen LogP contribution in [0, 0.1) is 0 Å². The summed E-state index contributed by atoms with van der Waals surface area (Å²) < 4.78 is 3.64. The van der Waals surface area contributed by atoms with Crippen molar-refractivity contribution in [1.82, 2.24) is 24.6 Å². The number of aromatic nitrogens is 3. The summed E-state index contributed by atoms with van der Waals surface area (Å²) in [5.74, 6) is 0.0767. The van der Waals surface area contributed by atoms with E-state index in [4.69, 9.17) is 0 Å². The SMILES string of the molecule is Cl.Cn1cc(C2CNCCN2C(=O)c2cccn2C)cn1. The smallest absolute Gasteiger partial charge is 0.271 e. The quantitative estimate of drug-likeness (QED) is 0.899. The van der Waals surface area contributed by atoms with Crippen molar-refractivity contribution in [3.63, 3.8) is 0 Å². The van der Waals surface area contributed by atoms with Crippen LogP contribution < -0.4 is 5.32 Å². The van der Waals surface area contributed by atoms with Crippen molar-refractivity contribution in [2.24, 2.45) is 14.1 Å². The van der Waals surface area contributed by atoms with E-state index in [-0.39, 0.29) is 24.4 Å². The highest BCUT2D eigenvalue weighted by molar-refractivity contribution is 5.93. The lowest BCUT2D eigenvalue weighted by molar-refractivity contribution is 0.0624. The van der Waals surface area contributed by atoms with Gasteiger partial charge in [0, 0.05) is 51.7 Å². The first kappa shape index (κ1) is 15.6. The van der Waals surface area contributed by atoms with Crippen molar-refractivity contribution in [2.45, 2.75) is 6.04 Å². The van der Waals surface area contributed by atoms with E-state index in [0.717, 1.165) is 24.3 Å². The third-order valence-corrected chi connectivity index (χ3v) is 3.78. The van der Waals surface area contributed by atoms with Gasteiger partial charge < -0.3 is 14.8 Å². The Labute approximate surface area is 130 Å². The number of carbonyl (C=O) groups is 1. The highest BCUT2D eigenvalue weighted by Crippen LogP contribution is 2.23. The molecule has 1 saturated heterocycles. The van der Waals surface area contributed by atoms with Gasteiger partial charge in [-0.15, -0.1) is 12.4 Å². The number of halogens is 1. The van der Waals surface area contributed by atoms with Crippen molar-refractivity contribution in [3.8, 4) is 0 Å². The second-order valence-corrected chi connectivity index (χ2v) is 5.17. The molecule has 3 rings (SSSR count). The van der Waals surface area contributed by atoms with Crippen LogP contribution >= 0.6 is 12.4 Å². The molecule has 1 atom stereocenters. The van der Waals surface area contributed by atoms with E-state index >= 15 is 0 Å². The number of piperazine rings is 1. The Morgan fingerprint density at radius 1 is 1.43 bits per heavy atom. The monoisotopic (exact) mass is 309 g/mol. The minimum absolute atomic E-state index is 0. The number of nitrogens with one attached hydrogen (secondary N) is 1. The van der Waals surface area contributed by atoms with Gasteiger partial charge in [0.2, 0.25) is 0 Å². The molecule has 7 heteroatoms. The van der Waals surface area contributed by atoms with E-state index in [2.05, 4.69) is 10.4 Å². The summed E-state index contributed by atoms with van der Waals surface area (Å²) >= 11 is 0. The average Bonchev–Trinajstić information content (AvgIpc) is 3.07. The molecule has 0 bridgehead atoms. The minimum atomic E-state index is 0. The van der Waals surface area contributed by atoms with Crippen LogP contribution in [0.15, 0.2) is 30.7 Å². The summed E-state index contributed by atoms with van der Waals surface area (Å²) in [5.41, 5.74) is 1.79. The lowest BCUT2D eigenvalue weighted by atomic mass is 10.1. The fourth-order valence-electron chi connectivity index (χ4n) is 2.69. The lowest BCUT2D eigenvalue weighted by Crippen LogP contribution is -2.49. The molecule has 2 aromatic heterocycles. The van der Waals surface area contributed by atoms with Gasteiger partial charge in [0.05, 0.1) is 12.2 Å². The molecule has 0 aliphatic carbocycles. The predicted octanol–water partition coefficient (Wildman–Crippen LogP) is 0.967. The maximum Gasteiger partial charge on any atom is 0.271 e. The molecule has 2 aromatic rings. The number of nitrogens with zero attached hydrogens (tertiary/aromatic N) is 4. The zero-order chi connectivity index (χ0) is 14.1. The number of rotatable bonds is 2. The summed E-state index contributed by atoms with van der Waals surface area (Å²) in [4.78, 5) is 14.7. The van der Waals surface area contributed by atoms with Crippen molar-refractivity contribution < 1.29 is 4.79 Å². The standard InChI is InChI=1S/C14H19N5O.ClH/c1-17-6-3-4-12(17)14(20)19-7-5-15-9-13(19)11-8-16-18(2)10-11;/h3-4,6,8,10,13,15H,5,7,9H2,1-2H3;1H. The summed E-state index contributed by atoms with van der Waals surface area (Å²) in [6.45, 7) is 2.30. The van der Waals surface area contributed by atoms with Crippen LogP contribution in [0.1, 0.15) is 22.1 Å². The zero-order valence-electron chi connectivity index (χ0n) is 12.2. The molecule has 1 fully saturated rings. The largest absolute Gasteiger partial charge is 0.347 e. The third kappa shape index (κ3) is 2.96. The van der Waals surface area contributed by atoms with Crippen LogP contribution in [0.5, 0.6) is 0 Å². The van der Waals surface area contributed by atoms with Gasteiger partial charge in [0.1, 0.15) is 5.69 Å². The van der Waals surface area contributed by atoms with Crippen LogP contribution in [0.25, 0.3) is 0 Å². The Morgan fingerprint density at radius 3 is 2.86 bits per heavy atom. The fourth-order valence-corrected chi connectivity index (χ4v) is 2.69. The van der Waals surface area contributed by atoms with Crippen molar-refractivity contribution in [1.29, 1.82) is 0 Å². The van der Waals surface area contributed by atoms with Gasteiger partial charge in [-0.05, 0) is 12.1 Å². The maximum absolute atomic E-state index is 12.7. The Bertz CT molecular complexity index is 620. The van der Waals surface area contributed by atoms with Crippen LogP contribution in [0.2, 0.25) is 0 Å². The van der Waals surface area contributed by atoms with E-state index in [9.17, 15) is 4.79 Å². The summed E-state index contributed by atoms with van der Waals surface area (Å²) in [6, 6.07) is 3.80. The summed E-state index contributed by atoms with van der Waals surface area (Å²) in [5, 5.41) is 7.56. The first-order chi connectivity index (χ1) is 9.66. The molecular weight excluding hydrogens is 290 g/mol. The molecular formula is C14H20ClN5O. The maximum atomic E-state index is 12.7. The fraction of sp³-hybridized carbons (Fsp3) is 0.429. The molecule has 3 heterocycles. The molecule has 1 aliphatic heterocycles. The zero-order valence-corrected chi connectivity index (χ0v) is 13.0. The van der Waals surface area contributed by atoms with Crippen molar-refractivity contribution >= 4 is 18.3 Å². The second kappa shape index (κ2) is 6.32. The minimum Gasteiger partial charge on any atom is -0.347 e. The molecule has 0 aromatic carbocycles. The Kier molecular flexibility index (Phi) is 4.69. The van der Waals surface area contributed by atoms with E-state index in [1.165, 1.54) is 0 Å².